The molecule has 0 spiro atoms. The number of amides is 1. The predicted octanol–water partition coefficient (Wildman–Crippen LogP) is 3.35. The molecule has 1 aliphatic heterocycles. The van der Waals surface area contributed by atoms with E-state index < -0.39 is 125 Å². The molecule has 15 nitrogen and oxygen atoms in total. The van der Waals surface area contributed by atoms with Gasteiger partial charge in [-0.15, -0.1) is 0 Å². The van der Waals surface area contributed by atoms with Crippen LogP contribution in [-0.4, -0.2) is 117 Å². The number of carbonyl (C=O) groups is 5. The largest absolute Gasteiger partial charge is 0.456 e. The standard InChI is InChI=1S/C43H51F2NO14/c1-21-26(57-37(53)32(50)30(23-12-9-8-10-13-23)46-38(54)60-39(3,4)19-44)18-43(55)35(58-36(52)24-14-11-15-25(45)16-24)33-41(7,34(51)31(49)29(21)40(43,5)6)27(48)17-28-42(33,20-56-28)59-22(2)47/h8-16,26-28,30-33,35,48-50,55H,17-20H2,1-7H3,(H,46,54)/t26-,27-,28+,30-,31+,32+,33-,35-,41+,42-,43+/m0/s1. The summed E-state index contributed by atoms with van der Waals surface area (Å²) in [4.78, 5) is 68.9. The molecule has 6 rings (SSSR count). The number of Topliss-reactive ketones (excluding diaryl/α,β-unsaturated/α-hetero) is 1. The second-order valence-electron chi connectivity index (χ2n) is 17.5. The second kappa shape index (κ2) is 15.9. The van der Waals surface area contributed by atoms with Crippen molar-refractivity contribution in [3.05, 3.63) is 82.7 Å². The van der Waals surface area contributed by atoms with E-state index in [4.69, 9.17) is 23.7 Å². The van der Waals surface area contributed by atoms with E-state index in [2.05, 4.69) is 5.32 Å². The zero-order valence-corrected chi connectivity index (χ0v) is 34.3. The monoisotopic (exact) mass is 843 g/mol. The Kier molecular flexibility index (Phi) is 11.9. The smallest absolute Gasteiger partial charge is 0.408 e. The minimum atomic E-state index is -2.49. The minimum Gasteiger partial charge on any atom is -0.456 e. The Morgan fingerprint density at radius 3 is 2.28 bits per heavy atom. The van der Waals surface area contributed by atoms with Crippen molar-refractivity contribution in [2.45, 2.75) is 121 Å². The Balaban J connectivity index is 1.48. The van der Waals surface area contributed by atoms with E-state index in [-0.39, 0.29) is 35.3 Å². The molecule has 1 heterocycles. The number of ether oxygens (including phenoxy) is 5. The van der Waals surface area contributed by atoms with Crippen molar-refractivity contribution in [1.29, 1.82) is 0 Å². The van der Waals surface area contributed by atoms with Crippen LogP contribution in [0.1, 0.15) is 83.3 Å². The molecule has 2 aromatic carbocycles. The van der Waals surface area contributed by atoms with Gasteiger partial charge in [0.1, 0.15) is 48.1 Å². The number of carbonyl (C=O) groups excluding carboxylic acids is 5. The van der Waals surface area contributed by atoms with Gasteiger partial charge in [-0.25, -0.2) is 23.2 Å². The van der Waals surface area contributed by atoms with Crippen LogP contribution in [0.5, 0.6) is 0 Å². The lowest BCUT2D eigenvalue weighted by atomic mass is 9.44. The average Bonchev–Trinajstić information content (AvgIpc) is 3.18. The lowest BCUT2D eigenvalue weighted by Gasteiger charge is -2.67. The number of ketones is 1. The Bertz CT molecular complexity index is 2080. The normalized spacial score (nSPS) is 33.0. The first-order valence-corrected chi connectivity index (χ1v) is 19.6. The number of fused-ring (bicyclic) bond motifs is 5. The first kappa shape index (κ1) is 44.7. The molecule has 0 radical (unpaired) electrons. The van der Waals surface area contributed by atoms with Crippen LogP contribution in [0.4, 0.5) is 13.6 Å². The highest BCUT2D eigenvalue weighted by molar-refractivity contribution is 5.94. The van der Waals surface area contributed by atoms with Crippen LogP contribution in [-0.2, 0) is 38.1 Å². The number of alkyl carbamates (subject to hydrolysis) is 1. The Morgan fingerprint density at radius 2 is 1.70 bits per heavy atom. The molecular weight excluding hydrogens is 792 g/mol. The van der Waals surface area contributed by atoms with Crippen LogP contribution in [0.15, 0.2) is 65.7 Å². The molecule has 326 valence electrons. The quantitative estimate of drug-likeness (QED) is 0.132. The summed E-state index contributed by atoms with van der Waals surface area (Å²) in [6, 6.07) is 10.7. The Morgan fingerprint density at radius 1 is 1.03 bits per heavy atom. The summed E-state index contributed by atoms with van der Waals surface area (Å²) >= 11 is 0. The molecule has 17 heteroatoms. The first-order chi connectivity index (χ1) is 27.9. The fraction of sp³-hybridized carbons (Fsp3) is 0.558. The third kappa shape index (κ3) is 7.37. The molecule has 60 heavy (non-hydrogen) atoms. The van der Waals surface area contributed by atoms with Crippen molar-refractivity contribution < 1.29 is 76.9 Å². The number of nitrogens with one attached hydrogen (secondary N) is 1. The number of esters is 3. The highest BCUT2D eigenvalue weighted by Gasteiger charge is 2.78. The number of halogens is 2. The number of hydrogen-bond acceptors (Lipinski definition) is 14. The van der Waals surface area contributed by atoms with Gasteiger partial charge in [0.2, 0.25) is 0 Å². The van der Waals surface area contributed by atoms with Crippen LogP contribution in [0, 0.1) is 22.6 Å². The van der Waals surface area contributed by atoms with Crippen molar-refractivity contribution in [3.63, 3.8) is 0 Å². The summed E-state index contributed by atoms with van der Waals surface area (Å²) in [5, 5.41) is 51.3. The molecule has 3 fully saturated rings. The van der Waals surface area contributed by atoms with Crippen LogP contribution >= 0.6 is 0 Å². The molecule has 11 atom stereocenters. The maximum atomic E-state index is 14.9. The van der Waals surface area contributed by atoms with Crippen molar-refractivity contribution in [3.8, 4) is 0 Å². The van der Waals surface area contributed by atoms with Crippen molar-refractivity contribution in [2.24, 2.45) is 16.7 Å². The van der Waals surface area contributed by atoms with Gasteiger partial charge in [-0.2, -0.15) is 0 Å². The van der Waals surface area contributed by atoms with Gasteiger partial charge in [-0.1, -0.05) is 50.2 Å². The summed E-state index contributed by atoms with van der Waals surface area (Å²) in [5.41, 5.74) is -9.91. The van der Waals surface area contributed by atoms with E-state index in [9.17, 15) is 53.2 Å². The molecule has 3 aliphatic carbocycles. The Labute approximate surface area is 345 Å². The van der Waals surface area contributed by atoms with Gasteiger partial charge >= 0.3 is 24.0 Å². The third-order valence-electron chi connectivity index (χ3n) is 12.9. The van der Waals surface area contributed by atoms with E-state index in [0.717, 1.165) is 19.1 Å². The highest BCUT2D eigenvalue weighted by atomic mass is 19.1. The number of alkyl halides is 1. The summed E-state index contributed by atoms with van der Waals surface area (Å²) in [7, 11) is 0. The number of rotatable bonds is 10. The molecule has 2 aromatic rings. The fourth-order valence-corrected chi connectivity index (χ4v) is 9.60. The Hall–Kier alpha value is -4.81. The number of hydrogen-bond donors (Lipinski definition) is 5. The van der Waals surface area contributed by atoms with E-state index >= 15 is 0 Å². The SMILES string of the molecule is CC(=O)O[C@@]12CO[C@@H]1C[C@H](O)[C@@]1(C)C(=O)[C@H](O)C3=C(C)[C@@H](OC(=O)[C@H](O)[C@@H](NC(=O)OC(C)(C)CF)c4ccccc4)C[C@@](O)([C@@H](OC(=O)c4cccc(F)c4)[C@H]21)C3(C)C. The zero-order chi connectivity index (χ0) is 44.3. The molecule has 5 N–H and O–H groups in total. The molecule has 1 saturated heterocycles. The number of aliphatic hydroxyl groups is 4. The van der Waals surface area contributed by atoms with Crippen molar-refractivity contribution in [1.82, 2.24) is 5.32 Å². The molecule has 0 unspecified atom stereocenters. The summed E-state index contributed by atoms with van der Waals surface area (Å²) in [6.07, 6.45) is -12.6. The summed E-state index contributed by atoms with van der Waals surface area (Å²) < 4.78 is 57.0. The molecule has 2 saturated carbocycles. The maximum absolute atomic E-state index is 14.9. The second-order valence-corrected chi connectivity index (χ2v) is 17.5. The van der Waals surface area contributed by atoms with Gasteiger partial charge in [0.15, 0.2) is 17.5 Å². The molecule has 2 bridgehead atoms. The van der Waals surface area contributed by atoms with Crippen LogP contribution < -0.4 is 5.32 Å². The molecule has 0 aromatic heterocycles. The van der Waals surface area contributed by atoms with E-state index in [1.807, 2.05) is 0 Å². The van der Waals surface area contributed by atoms with Gasteiger partial charge in [0.25, 0.3) is 0 Å². The van der Waals surface area contributed by atoms with Crippen molar-refractivity contribution in [2.75, 3.05) is 13.3 Å². The molecular formula is C43H51F2NO14. The molecule has 1 amide bonds. The first-order valence-electron chi connectivity index (χ1n) is 19.6. The van der Waals surface area contributed by atoms with Gasteiger partial charge < -0.3 is 49.4 Å². The zero-order valence-electron chi connectivity index (χ0n) is 34.3. The van der Waals surface area contributed by atoms with Gasteiger partial charge in [-0.05, 0) is 62.6 Å². The van der Waals surface area contributed by atoms with Crippen LogP contribution in [0.3, 0.4) is 0 Å². The topological polar surface area (TPSA) is 224 Å². The van der Waals surface area contributed by atoms with E-state index in [0.29, 0.717) is 0 Å². The molecule has 4 aliphatic rings. The lowest BCUT2D eigenvalue weighted by molar-refractivity contribution is -0.346. The minimum absolute atomic E-state index is 0.0708. The average molecular weight is 844 g/mol. The third-order valence-corrected chi connectivity index (χ3v) is 12.9. The van der Waals surface area contributed by atoms with Crippen molar-refractivity contribution >= 4 is 29.8 Å². The lowest BCUT2D eigenvalue weighted by Crippen LogP contribution is -2.81. The fourth-order valence-electron chi connectivity index (χ4n) is 9.60. The number of aliphatic hydroxyl groups excluding tert-OH is 3. The number of benzene rings is 2. The summed E-state index contributed by atoms with van der Waals surface area (Å²) in [5.74, 6) is -6.80. The maximum Gasteiger partial charge on any atom is 0.408 e. The van der Waals surface area contributed by atoms with Gasteiger partial charge in [0, 0.05) is 25.2 Å². The predicted molar refractivity (Wildman–Crippen MR) is 204 cm³/mol. The summed E-state index contributed by atoms with van der Waals surface area (Å²) in [6.45, 7) is 7.99. The highest BCUT2D eigenvalue weighted by Crippen LogP contribution is 2.64. The van der Waals surface area contributed by atoms with Crippen LogP contribution in [0.25, 0.3) is 0 Å². The van der Waals surface area contributed by atoms with E-state index in [1.165, 1.54) is 65.8 Å². The van der Waals surface area contributed by atoms with E-state index in [1.54, 1.807) is 18.2 Å². The van der Waals surface area contributed by atoms with Gasteiger partial charge in [0.05, 0.1) is 35.6 Å². The van der Waals surface area contributed by atoms with Crippen LogP contribution in [0.2, 0.25) is 0 Å². The van der Waals surface area contributed by atoms with Gasteiger partial charge in [-0.3, -0.25) is 9.59 Å².